The summed E-state index contributed by atoms with van der Waals surface area (Å²) in [5, 5.41) is 9.92. The summed E-state index contributed by atoms with van der Waals surface area (Å²) < 4.78 is 4.94. The molecule has 0 saturated carbocycles. The van der Waals surface area contributed by atoms with E-state index in [9.17, 15) is 0 Å². The molecule has 0 aliphatic rings. The first-order chi connectivity index (χ1) is 18.9. The Labute approximate surface area is 223 Å². The normalized spacial score (nSPS) is 11.7. The molecule has 0 aliphatic carbocycles. The van der Waals surface area contributed by atoms with Gasteiger partial charge < -0.3 is 4.57 Å². The van der Waals surface area contributed by atoms with E-state index in [1.807, 2.05) is 23.7 Å². The zero-order valence-corrected chi connectivity index (χ0v) is 21.3. The Morgan fingerprint density at radius 1 is 0.447 bits per heavy atom. The Bertz CT molecular complexity index is 2150. The first kappa shape index (κ1) is 21.4. The van der Waals surface area contributed by atoms with Crippen LogP contribution in [0.4, 0.5) is 0 Å². The molecular formula is C35H22N2S. The minimum Gasteiger partial charge on any atom is -0.308 e. The van der Waals surface area contributed by atoms with E-state index in [-0.39, 0.29) is 0 Å². The third-order valence-electron chi connectivity index (χ3n) is 7.54. The van der Waals surface area contributed by atoms with Gasteiger partial charge in [-0.1, -0.05) is 97.1 Å². The number of pyridine rings is 1. The topological polar surface area (TPSA) is 17.8 Å². The fraction of sp³-hybridized carbons (Fsp3) is 0. The molecule has 0 radical (unpaired) electrons. The van der Waals surface area contributed by atoms with Crippen LogP contribution < -0.4 is 0 Å². The van der Waals surface area contributed by atoms with Crippen LogP contribution in [0, 0.1) is 0 Å². The maximum atomic E-state index is 4.41. The lowest BCUT2D eigenvalue weighted by molar-refractivity contribution is 1.19. The summed E-state index contributed by atoms with van der Waals surface area (Å²) >= 11 is 1.82. The number of rotatable bonds is 1. The summed E-state index contributed by atoms with van der Waals surface area (Å²) in [6.07, 6.45) is 3.87. The van der Waals surface area contributed by atoms with Crippen LogP contribution in [0.25, 0.3) is 69.2 Å². The van der Waals surface area contributed by atoms with E-state index in [0.717, 1.165) is 0 Å². The molecule has 38 heavy (non-hydrogen) atoms. The van der Waals surface area contributed by atoms with E-state index in [2.05, 4.69) is 131 Å². The summed E-state index contributed by atoms with van der Waals surface area (Å²) in [4.78, 5) is 4.41. The molecule has 2 nitrogen and oxygen atoms in total. The average Bonchev–Trinajstić information content (AvgIpc) is 3.38. The number of thiophene rings is 1. The Balaban J connectivity index is 1.74. The lowest BCUT2D eigenvalue weighted by Gasteiger charge is -2.14. The van der Waals surface area contributed by atoms with Gasteiger partial charge in [0, 0.05) is 33.9 Å². The highest BCUT2D eigenvalue weighted by Gasteiger charge is 2.14. The number of fused-ring (bicyclic) bond motifs is 10. The molecule has 8 aromatic rings. The van der Waals surface area contributed by atoms with Crippen molar-refractivity contribution in [1.29, 1.82) is 0 Å². The highest BCUT2D eigenvalue weighted by Crippen LogP contribution is 2.40. The van der Waals surface area contributed by atoms with Crippen LogP contribution in [0.15, 0.2) is 134 Å². The van der Waals surface area contributed by atoms with Crippen molar-refractivity contribution in [3.05, 3.63) is 134 Å². The smallest absolute Gasteiger partial charge is 0.0640 e. The zero-order chi connectivity index (χ0) is 25.1. The van der Waals surface area contributed by atoms with Crippen molar-refractivity contribution in [1.82, 2.24) is 9.55 Å². The van der Waals surface area contributed by atoms with Crippen molar-refractivity contribution in [3.8, 4) is 5.69 Å². The second kappa shape index (κ2) is 8.41. The standard InChI is InChI=1S/C35H22N2S/c1-3-12-25-23(10-1)24-11-2-4-13-26(24)28-15-6-8-18-32(28)37(31-17-7-5-14-27(25)31)33-19-9-16-30-29-20-21-36-22-34(29)38-35(30)33/h1-22H. The van der Waals surface area contributed by atoms with Gasteiger partial charge in [-0.2, -0.15) is 0 Å². The molecule has 178 valence electrons. The molecule has 0 amide bonds. The van der Waals surface area contributed by atoms with Gasteiger partial charge in [-0.05, 0) is 45.8 Å². The van der Waals surface area contributed by atoms with Gasteiger partial charge in [-0.25, -0.2) is 0 Å². The molecule has 0 atom stereocenters. The molecule has 0 bridgehead atoms. The van der Waals surface area contributed by atoms with Crippen molar-refractivity contribution in [2.24, 2.45) is 0 Å². The van der Waals surface area contributed by atoms with E-state index >= 15 is 0 Å². The molecule has 3 heterocycles. The van der Waals surface area contributed by atoms with Crippen molar-refractivity contribution in [3.63, 3.8) is 0 Å². The third kappa shape index (κ3) is 3.09. The molecule has 8 rings (SSSR count). The first-order valence-corrected chi connectivity index (χ1v) is 13.6. The molecule has 0 fully saturated rings. The molecule has 0 N–H and O–H groups in total. The Kier molecular flexibility index (Phi) is 4.73. The van der Waals surface area contributed by atoms with Gasteiger partial charge in [0.2, 0.25) is 0 Å². The van der Waals surface area contributed by atoms with Crippen LogP contribution in [0.2, 0.25) is 0 Å². The molecule has 5 aromatic carbocycles. The van der Waals surface area contributed by atoms with Crippen molar-refractivity contribution < 1.29 is 0 Å². The summed E-state index contributed by atoms with van der Waals surface area (Å²) in [6, 6.07) is 44.0. The molecular weight excluding hydrogens is 480 g/mol. The monoisotopic (exact) mass is 502 g/mol. The van der Waals surface area contributed by atoms with Gasteiger partial charge in [0.15, 0.2) is 0 Å². The number of aromatic nitrogens is 2. The molecule has 3 heteroatoms. The summed E-state index contributed by atoms with van der Waals surface area (Å²) in [5.74, 6) is 0. The first-order valence-electron chi connectivity index (χ1n) is 12.8. The van der Waals surface area contributed by atoms with Crippen LogP contribution in [0.1, 0.15) is 0 Å². The SMILES string of the molecule is c1cc(-n2c3ccccc3c3ccccc3c3ccccc3c3ccccc32)c2sc3cnccc3c2c1. The average molecular weight is 503 g/mol. The third-order valence-corrected chi connectivity index (χ3v) is 8.71. The predicted molar refractivity (Wildman–Crippen MR) is 164 cm³/mol. The Morgan fingerprint density at radius 2 is 0.947 bits per heavy atom. The largest absolute Gasteiger partial charge is 0.308 e. The zero-order valence-electron chi connectivity index (χ0n) is 20.5. The Morgan fingerprint density at radius 3 is 1.55 bits per heavy atom. The fourth-order valence-corrected chi connectivity index (χ4v) is 7.08. The van der Waals surface area contributed by atoms with Crippen LogP contribution in [-0.4, -0.2) is 9.55 Å². The van der Waals surface area contributed by atoms with Gasteiger partial charge in [0.1, 0.15) is 0 Å². The van der Waals surface area contributed by atoms with E-state index in [1.165, 1.54) is 69.2 Å². The maximum Gasteiger partial charge on any atom is 0.0640 e. The van der Waals surface area contributed by atoms with Crippen molar-refractivity contribution in [2.75, 3.05) is 0 Å². The van der Waals surface area contributed by atoms with E-state index < -0.39 is 0 Å². The quantitative estimate of drug-likeness (QED) is 0.218. The van der Waals surface area contributed by atoms with Crippen molar-refractivity contribution in [2.45, 2.75) is 0 Å². The van der Waals surface area contributed by atoms with Crippen LogP contribution >= 0.6 is 11.3 Å². The van der Waals surface area contributed by atoms with E-state index in [0.29, 0.717) is 0 Å². The van der Waals surface area contributed by atoms with E-state index in [1.54, 1.807) is 0 Å². The lowest BCUT2D eigenvalue weighted by atomic mass is 10.0. The summed E-state index contributed by atoms with van der Waals surface area (Å²) in [5.41, 5.74) is 3.52. The fourth-order valence-electron chi connectivity index (χ4n) is 5.90. The minimum absolute atomic E-state index is 1.17. The van der Waals surface area contributed by atoms with Crippen LogP contribution in [-0.2, 0) is 0 Å². The molecule has 0 saturated heterocycles. The van der Waals surface area contributed by atoms with Crippen molar-refractivity contribution >= 4 is 74.9 Å². The number of nitrogens with zero attached hydrogens (tertiary/aromatic N) is 2. The molecule has 0 spiro atoms. The number of hydrogen-bond acceptors (Lipinski definition) is 2. The molecule has 0 unspecified atom stereocenters. The lowest BCUT2D eigenvalue weighted by Crippen LogP contribution is -1.98. The van der Waals surface area contributed by atoms with Gasteiger partial charge in [-0.15, -0.1) is 11.3 Å². The van der Waals surface area contributed by atoms with Gasteiger partial charge in [-0.3, -0.25) is 4.98 Å². The minimum atomic E-state index is 1.17. The Hall–Kier alpha value is -4.73. The predicted octanol–water partition coefficient (Wildman–Crippen LogP) is 9.98. The van der Waals surface area contributed by atoms with Crippen LogP contribution in [0.5, 0.6) is 0 Å². The number of para-hydroxylation sites is 2. The van der Waals surface area contributed by atoms with Gasteiger partial charge in [0.25, 0.3) is 0 Å². The summed E-state index contributed by atoms with van der Waals surface area (Å²) in [7, 11) is 0. The second-order valence-electron chi connectivity index (χ2n) is 9.59. The molecule has 0 aliphatic heterocycles. The number of hydrogen-bond donors (Lipinski definition) is 0. The second-order valence-corrected chi connectivity index (χ2v) is 10.6. The van der Waals surface area contributed by atoms with Gasteiger partial charge >= 0.3 is 0 Å². The van der Waals surface area contributed by atoms with Gasteiger partial charge in [0.05, 0.1) is 26.1 Å². The highest BCUT2D eigenvalue weighted by molar-refractivity contribution is 7.26. The number of benzene rings is 5. The van der Waals surface area contributed by atoms with E-state index in [4.69, 9.17) is 0 Å². The summed E-state index contributed by atoms with van der Waals surface area (Å²) in [6.45, 7) is 0. The maximum absolute atomic E-state index is 4.41. The molecule has 3 aromatic heterocycles. The highest BCUT2D eigenvalue weighted by atomic mass is 32.1. The van der Waals surface area contributed by atoms with Crippen LogP contribution in [0.3, 0.4) is 0 Å².